The van der Waals surface area contributed by atoms with Crippen LogP contribution in [0.25, 0.3) is 0 Å². The van der Waals surface area contributed by atoms with Crippen molar-refractivity contribution in [1.29, 1.82) is 0 Å². The molecule has 0 radical (unpaired) electrons. The van der Waals surface area contributed by atoms with Crippen LogP contribution in [0.15, 0.2) is 4.99 Å². The molecule has 0 aromatic heterocycles. The summed E-state index contributed by atoms with van der Waals surface area (Å²) in [5.41, 5.74) is 0. The number of nitrogens with zero attached hydrogens (tertiary/aromatic N) is 3. The number of methoxy groups -OCH3 is 1. The lowest BCUT2D eigenvalue weighted by atomic mass is 10.1. The van der Waals surface area contributed by atoms with Crippen molar-refractivity contribution in [1.82, 2.24) is 20.4 Å². The van der Waals surface area contributed by atoms with Crippen LogP contribution in [0.1, 0.15) is 46.0 Å². The molecule has 26 heavy (non-hydrogen) atoms. The molecule has 1 saturated carbocycles. The molecule has 2 aliphatic rings. The van der Waals surface area contributed by atoms with Crippen LogP contribution in [0, 0.1) is 0 Å². The SMILES string of the molecule is CCCN1CCC(NC(=NCCN(CCOC)C2CC2)NCC)CC1.I. The lowest BCUT2D eigenvalue weighted by Gasteiger charge is -2.32. The molecule has 0 atom stereocenters. The lowest BCUT2D eigenvalue weighted by Crippen LogP contribution is -2.49. The van der Waals surface area contributed by atoms with Gasteiger partial charge in [-0.3, -0.25) is 9.89 Å². The predicted octanol–water partition coefficient (Wildman–Crippen LogP) is 2.14. The van der Waals surface area contributed by atoms with E-state index in [-0.39, 0.29) is 24.0 Å². The average Bonchev–Trinajstić information content (AvgIpc) is 3.45. The van der Waals surface area contributed by atoms with Gasteiger partial charge in [0.05, 0.1) is 13.2 Å². The van der Waals surface area contributed by atoms with E-state index in [1.165, 1.54) is 51.7 Å². The minimum atomic E-state index is 0. The van der Waals surface area contributed by atoms with Gasteiger partial charge in [0.25, 0.3) is 0 Å². The Morgan fingerprint density at radius 1 is 1.15 bits per heavy atom. The van der Waals surface area contributed by atoms with Gasteiger partial charge in [0, 0.05) is 51.9 Å². The van der Waals surface area contributed by atoms with E-state index in [2.05, 4.69) is 34.3 Å². The fraction of sp³-hybridized carbons (Fsp3) is 0.947. The first-order valence-corrected chi connectivity index (χ1v) is 10.3. The molecule has 1 saturated heterocycles. The smallest absolute Gasteiger partial charge is 0.191 e. The van der Waals surface area contributed by atoms with Crippen molar-refractivity contribution in [2.45, 2.75) is 58.0 Å². The van der Waals surface area contributed by atoms with Crippen molar-refractivity contribution < 1.29 is 4.74 Å². The van der Waals surface area contributed by atoms with Gasteiger partial charge in [0.2, 0.25) is 0 Å². The van der Waals surface area contributed by atoms with Crippen LogP contribution in [0.2, 0.25) is 0 Å². The van der Waals surface area contributed by atoms with Crippen molar-refractivity contribution in [3.8, 4) is 0 Å². The van der Waals surface area contributed by atoms with Gasteiger partial charge >= 0.3 is 0 Å². The van der Waals surface area contributed by atoms with Crippen molar-refractivity contribution in [2.24, 2.45) is 4.99 Å². The monoisotopic (exact) mass is 481 g/mol. The molecule has 0 aromatic rings. The Kier molecular flexibility index (Phi) is 12.8. The Labute approximate surface area is 177 Å². The molecule has 154 valence electrons. The Balaban J connectivity index is 0.00000338. The number of guanidine groups is 1. The van der Waals surface area contributed by atoms with Crippen LogP contribution in [0.4, 0.5) is 0 Å². The highest BCUT2D eigenvalue weighted by Gasteiger charge is 2.28. The molecular formula is C19H40IN5O. The molecule has 6 nitrogen and oxygen atoms in total. The molecular weight excluding hydrogens is 441 g/mol. The highest BCUT2D eigenvalue weighted by molar-refractivity contribution is 14.0. The molecule has 0 aromatic carbocycles. The van der Waals surface area contributed by atoms with Crippen LogP contribution < -0.4 is 10.6 Å². The summed E-state index contributed by atoms with van der Waals surface area (Å²) in [6, 6.07) is 1.32. The predicted molar refractivity (Wildman–Crippen MR) is 121 cm³/mol. The van der Waals surface area contributed by atoms with Gasteiger partial charge in [0.15, 0.2) is 5.96 Å². The Bertz CT molecular complexity index is 384. The molecule has 0 amide bonds. The number of ether oxygens (including phenoxy) is 1. The van der Waals surface area contributed by atoms with E-state index >= 15 is 0 Å². The Morgan fingerprint density at radius 3 is 2.46 bits per heavy atom. The van der Waals surface area contributed by atoms with Gasteiger partial charge in [-0.1, -0.05) is 6.92 Å². The second-order valence-corrected chi connectivity index (χ2v) is 7.28. The largest absolute Gasteiger partial charge is 0.383 e. The summed E-state index contributed by atoms with van der Waals surface area (Å²) in [7, 11) is 1.78. The average molecular weight is 481 g/mol. The minimum absolute atomic E-state index is 0. The highest BCUT2D eigenvalue weighted by atomic mass is 127. The molecule has 1 heterocycles. The molecule has 2 N–H and O–H groups in total. The van der Waals surface area contributed by atoms with E-state index in [0.29, 0.717) is 6.04 Å². The molecule has 1 aliphatic carbocycles. The summed E-state index contributed by atoms with van der Waals surface area (Å²) in [5.74, 6) is 0.985. The van der Waals surface area contributed by atoms with Gasteiger partial charge in [-0.15, -0.1) is 24.0 Å². The topological polar surface area (TPSA) is 52.1 Å². The van der Waals surface area contributed by atoms with Crippen LogP contribution in [-0.2, 0) is 4.74 Å². The fourth-order valence-electron chi connectivity index (χ4n) is 3.55. The van der Waals surface area contributed by atoms with E-state index in [0.717, 1.165) is 44.8 Å². The zero-order valence-corrected chi connectivity index (χ0v) is 19.3. The van der Waals surface area contributed by atoms with Crippen LogP contribution in [-0.4, -0.2) is 87.4 Å². The molecule has 1 aliphatic heterocycles. The van der Waals surface area contributed by atoms with Gasteiger partial charge in [-0.25, -0.2) is 0 Å². The first-order chi connectivity index (χ1) is 12.3. The number of rotatable bonds is 11. The zero-order chi connectivity index (χ0) is 17.9. The summed E-state index contributed by atoms with van der Waals surface area (Å²) < 4.78 is 5.24. The zero-order valence-electron chi connectivity index (χ0n) is 17.0. The van der Waals surface area contributed by atoms with Crippen LogP contribution >= 0.6 is 24.0 Å². The number of likely N-dealkylation sites (tertiary alicyclic amines) is 1. The summed E-state index contributed by atoms with van der Waals surface area (Å²) >= 11 is 0. The number of halogens is 1. The van der Waals surface area contributed by atoms with E-state index in [1.54, 1.807) is 7.11 Å². The highest BCUT2D eigenvalue weighted by Crippen LogP contribution is 2.26. The molecule has 7 heteroatoms. The summed E-state index contributed by atoms with van der Waals surface area (Å²) in [4.78, 5) is 9.92. The number of hydrogen-bond donors (Lipinski definition) is 2. The van der Waals surface area contributed by atoms with Gasteiger partial charge in [-0.2, -0.15) is 0 Å². The van der Waals surface area contributed by atoms with E-state index in [9.17, 15) is 0 Å². The molecule has 0 unspecified atom stereocenters. The van der Waals surface area contributed by atoms with Crippen molar-refractivity contribution in [2.75, 3.05) is 59.5 Å². The third-order valence-electron chi connectivity index (χ3n) is 5.12. The number of nitrogens with one attached hydrogen (secondary N) is 2. The number of piperidine rings is 1. The van der Waals surface area contributed by atoms with Crippen molar-refractivity contribution in [3.05, 3.63) is 0 Å². The van der Waals surface area contributed by atoms with Crippen molar-refractivity contribution >= 4 is 29.9 Å². The lowest BCUT2D eigenvalue weighted by molar-refractivity contribution is 0.145. The second kappa shape index (κ2) is 14.0. The maximum absolute atomic E-state index is 5.24. The van der Waals surface area contributed by atoms with E-state index in [1.807, 2.05) is 0 Å². The number of hydrogen-bond acceptors (Lipinski definition) is 4. The molecule has 2 rings (SSSR count). The summed E-state index contributed by atoms with van der Waals surface area (Å²) in [5, 5.41) is 7.06. The summed E-state index contributed by atoms with van der Waals surface area (Å²) in [6.45, 7) is 12.7. The Hall–Kier alpha value is -0.120. The van der Waals surface area contributed by atoms with E-state index in [4.69, 9.17) is 9.73 Å². The molecule has 0 spiro atoms. The quantitative estimate of drug-likeness (QED) is 0.269. The van der Waals surface area contributed by atoms with Crippen LogP contribution in [0.3, 0.4) is 0 Å². The van der Waals surface area contributed by atoms with Crippen LogP contribution in [0.5, 0.6) is 0 Å². The van der Waals surface area contributed by atoms with Crippen molar-refractivity contribution in [3.63, 3.8) is 0 Å². The molecule has 2 fully saturated rings. The fourth-order valence-corrected chi connectivity index (χ4v) is 3.55. The maximum atomic E-state index is 5.24. The normalized spacial score (nSPS) is 19.5. The van der Waals surface area contributed by atoms with Gasteiger partial charge in [0.1, 0.15) is 0 Å². The first kappa shape index (κ1) is 23.9. The standard InChI is InChI=1S/C19H39N5O.HI/c1-4-11-23-12-8-17(9-13-23)22-19(20-5-2)21-10-14-24(15-16-25-3)18-6-7-18;/h17-18H,4-16H2,1-3H3,(H2,20,21,22);1H. The minimum Gasteiger partial charge on any atom is -0.383 e. The third kappa shape index (κ3) is 9.19. The Morgan fingerprint density at radius 2 is 1.88 bits per heavy atom. The second-order valence-electron chi connectivity index (χ2n) is 7.28. The maximum Gasteiger partial charge on any atom is 0.191 e. The summed E-state index contributed by atoms with van der Waals surface area (Å²) in [6.07, 6.45) is 6.35. The first-order valence-electron chi connectivity index (χ1n) is 10.3. The number of aliphatic imine (C=N–C) groups is 1. The van der Waals surface area contributed by atoms with Gasteiger partial charge < -0.3 is 20.3 Å². The third-order valence-corrected chi connectivity index (χ3v) is 5.12. The van der Waals surface area contributed by atoms with Gasteiger partial charge in [-0.05, 0) is 45.6 Å². The molecule has 0 bridgehead atoms. The van der Waals surface area contributed by atoms with E-state index < -0.39 is 0 Å².